The number of likely N-dealkylation sites (tertiary alicyclic amines) is 1. The third kappa shape index (κ3) is 7.88. The standard InChI is InChI=1S/C18H34N4O4/c1-2-25-17(23)13-20-9-10-21-18(24)22-11-5-16(6-12-22)26-14-15-3-7-19-8-4-15/h15-16,19-20H,2-14H2,1H3,(H,21,24). The van der Waals surface area contributed by atoms with Crippen molar-refractivity contribution in [2.24, 2.45) is 5.92 Å². The summed E-state index contributed by atoms with van der Waals surface area (Å²) in [4.78, 5) is 25.2. The Morgan fingerprint density at radius 1 is 1.12 bits per heavy atom. The van der Waals surface area contributed by atoms with Gasteiger partial charge in [-0.2, -0.15) is 0 Å². The van der Waals surface area contributed by atoms with E-state index < -0.39 is 0 Å². The second-order valence-electron chi connectivity index (χ2n) is 6.93. The number of esters is 1. The summed E-state index contributed by atoms with van der Waals surface area (Å²) in [5.41, 5.74) is 0. The van der Waals surface area contributed by atoms with Crippen molar-refractivity contribution in [3.05, 3.63) is 0 Å². The first-order valence-corrected chi connectivity index (χ1v) is 9.90. The Bertz CT molecular complexity index is 421. The molecule has 2 rings (SSSR count). The fourth-order valence-corrected chi connectivity index (χ4v) is 3.32. The van der Waals surface area contributed by atoms with Crippen LogP contribution in [0, 0.1) is 5.92 Å². The van der Waals surface area contributed by atoms with Crippen LogP contribution >= 0.6 is 0 Å². The summed E-state index contributed by atoms with van der Waals surface area (Å²) in [6, 6.07) is -0.0419. The lowest BCUT2D eigenvalue weighted by molar-refractivity contribution is -0.141. The fraction of sp³-hybridized carbons (Fsp3) is 0.889. The number of carbonyl (C=O) groups is 2. The number of rotatable bonds is 9. The van der Waals surface area contributed by atoms with E-state index in [9.17, 15) is 9.59 Å². The molecule has 0 aromatic rings. The van der Waals surface area contributed by atoms with E-state index >= 15 is 0 Å². The van der Waals surface area contributed by atoms with E-state index in [2.05, 4.69) is 16.0 Å². The molecule has 0 atom stereocenters. The van der Waals surface area contributed by atoms with Crippen LogP contribution in [0.25, 0.3) is 0 Å². The first-order valence-electron chi connectivity index (χ1n) is 9.90. The molecule has 2 heterocycles. The Kier molecular flexibility index (Phi) is 9.73. The largest absolute Gasteiger partial charge is 0.465 e. The Labute approximate surface area is 156 Å². The molecule has 0 aromatic heterocycles. The number of piperidine rings is 2. The molecule has 0 radical (unpaired) electrons. The van der Waals surface area contributed by atoms with Gasteiger partial charge < -0.3 is 30.3 Å². The molecular formula is C18H34N4O4. The van der Waals surface area contributed by atoms with E-state index in [1.165, 1.54) is 12.8 Å². The molecule has 150 valence electrons. The van der Waals surface area contributed by atoms with Crippen LogP contribution in [-0.4, -0.2) is 82.0 Å². The van der Waals surface area contributed by atoms with Gasteiger partial charge in [-0.3, -0.25) is 4.79 Å². The average molecular weight is 370 g/mol. The molecule has 0 aliphatic carbocycles. The smallest absolute Gasteiger partial charge is 0.319 e. The van der Waals surface area contributed by atoms with Gasteiger partial charge in [0.2, 0.25) is 0 Å². The Hall–Kier alpha value is -1.38. The number of carbonyl (C=O) groups excluding carboxylic acids is 2. The van der Waals surface area contributed by atoms with Crippen molar-refractivity contribution in [2.45, 2.75) is 38.7 Å². The minimum atomic E-state index is -0.273. The molecular weight excluding hydrogens is 336 g/mol. The zero-order valence-electron chi connectivity index (χ0n) is 15.9. The van der Waals surface area contributed by atoms with Gasteiger partial charge in [0.05, 0.1) is 19.3 Å². The number of ether oxygens (including phenoxy) is 2. The molecule has 3 N–H and O–H groups in total. The number of nitrogens with zero attached hydrogens (tertiary/aromatic N) is 1. The molecule has 8 nitrogen and oxygen atoms in total. The number of nitrogens with one attached hydrogen (secondary N) is 3. The van der Waals surface area contributed by atoms with Crippen LogP contribution in [0.3, 0.4) is 0 Å². The quantitative estimate of drug-likeness (QED) is 0.400. The maximum atomic E-state index is 12.2. The predicted octanol–water partition coefficient (Wildman–Crippen LogP) is 0.329. The van der Waals surface area contributed by atoms with E-state index in [1.807, 2.05) is 4.90 Å². The lowest BCUT2D eigenvalue weighted by Crippen LogP contribution is -2.47. The molecule has 2 aliphatic heterocycles. The van der Waals surface area contributed by atoms with E-state index in [0.717, 1.165) is 45.6 Å². The molecule has 0 unspecified atom stereocenters. The van der Waals surface area contributed by atoms with Crippen LogP contribution in [0.15, 0.2) is 0 Å². The summed E-state index contributed by atoms with van der Waals surface area (Å²) in [7, 11) is 0. The van der Waals surface area contributed by atoms with Crippen molar-refractivity contribution in [3.63, 3.8) is 0 Å². The number of hydrogen-bond donors (Lipinski definition) is 3. The zero-order chi connectivity index (χ0) is 18.6. The highest BCUT2D eigenvalue weighted by Gasteiger charge is 2.24. The summed E-state index contributed by atoms with van der Waals surface area (Å²) in [5, 5.41) is 9.20. The van der Waals surface area contributed by atoms with E-state index in [0.29, 0.717) is 25.6 Å². The topological polar surface area (TPSA) is 91.9 Å². The monoisotopic (exact) mass is 370 g/mol. The molecule has 2 fully saturated rings. The van der Waals surface area contributed by atoms with E-state index in [4.69, 9.17) is 9.47 Å². The first-order chi connectivity index (χ1) is 12.7. The van der Waals surface area contributed by atoms with Crippen LogP contribution in [0.1, 0.15) is 32.6 Å². The van der Waals surface area contributed by atoms with Gasteiger partial charge in [0, 0.05) is 32.8 Å². The van der Waals surface area contributed by atoms with Gasteiger partial charge in [-0.25, -0.2) is 4.79 Å². The molecule has 2 amide bonds. The van der Waals surface area contributed by atoms with Crippen LogP contribution < -0.4 is 16.0 Å². The van der Waals surface area contributed by atoms with Crippen molar-refractivity contribution in [2.75, 3.05) is 59.0 Å². The molecule has 0 saturated carbocycles. The van der Waals surface area contributed by atoms with E-state index in [-0.39, 0.29) is 24.6 Å². The summed E-state index contributed by atoms with van der Waals surface area (Å²) < 4.78 is 10.9. The molecule has 0 bridgehead atoms. The van der Waals surface area contributed by atoms with E-state index in [1.54, 1.807) is 6.92 Å². The Balaban J connectivity index is 1.50. The van der Waals surface area contributed by atoms with Crippen molar-refractivity contribution in [1.82, 2.24) is 20.9 Å². The van der Waals surface area contributed by atoms with Gasteiger partial charge in [-0.1, -0.05) is 0 Å². The van der Waals surface area contributed by atoms with Crippen LogP contribution in [0.4, 0.5) is 4.79 Å². The second-order valence-corrected chi connectivity index (χ2v) is 6.93. The minimum Gasteiger partial charge on any atom is -0.465 e. The highest BCUT2D eigenvalue weighted by molar-refractivity contribution is 5.74. The lowest BCUT2D eigenvalue weighted by Gasteiger charge is -2.33. The van der Waals surface area contributed by atoms with Crippen molar-refractivity contribution < 1.29 is 19.1 Å². The maximum absolute atomic E-state index is 12.2. The molecule has 2 saturated heterocycles. The van der Waals surface area contributed by atoms with Crippen molar-refractivity contribution >= 4 is 12.0 Å². The number of hydrogen-bond acceptors (Lipinski definition) is 6. The summed E-state index contributed by atoms with van der Waals surface area (Å²) >= 11 is 0. The molecule has 0 aromatic carbocycles. The van der Waals surface area contributed by atoms with Crippen LogP contribution in [-0.2, 0) is 14.3 Å². The normalized spacial score (nSPS) is 19.3. The molecule has 0 spiro atoms. The average Bonchev–Trinajstić information content (AvgIpc) is 2.67. The third-order valence-electron chi connectivity index (χ3n) is 4.91. The van der Waals surface area contributed by atoms with Gasteiger partial charge in [0.1, 0.15) is 0 Å². The zero-order valence-corrected chi connectivity index (χ0v) is 15.9. The predicted molar refractivity (Wildman–Crippen MR) is 99.0 cm³/mol. The van der Waals surface area contributed by atoms with Gasteiger partial charge in [0.25, 0.3) is 0 Å². The van der Waals surface area contributed by atoms with Gasteiger partial charge in [0.15, 0.2) is 0 Å². The minimum absolute atomic E-state index is 0.0419. The fourth-order valence-electron chi connectivity index (χ4n) is 3.32. The maximum Gasteiger partial charge on any atom is 0.319 e. The summed E-state index contributed by atoms with van der Waals surface area (Å²) in [6.07, 6.45) is 4.48. The summed E-state index contributed by atoms with van der Waals surface area (Å²) in [5.74, 6) is 0.407. The molecule has 26 heavy (non-hydrogen) atoms. The molecule has 8 heteroatoms. The lowest BCUT2D eigenvalue weighted by atomic mass is 9.99. The Morgan fingerprint density at radius 2 is 1.85 bits per heavy atom. The van der Waals surface area contributed by atoms with Gasteiger partial charge >= 0.3 is 12.0 Å². The van der Waals surface area contributed by atoms with Crippen molar-refractivity contribution in [1.29, 1.82) is 0 Å². The van der Waals surface area contributed by atoms with Crippen molar-refractivity contribution in [3.8, 4) is 0 Å². The Morgan fingerprint density at radius 3 is 2.54 bits per heavy atom. The number of urea groups is 1. The third-order valence-corrected chi connectivity index (χ3v) is 4.91. The highest BCUT2D eigenvalue weighted by atomic mass is 16.5. The summed E-state index contributed by atoms with van der Waals surface area (Å²) in [6.45, 7) is 7.88. The van der Waals surface area contributed by atoms with Crippen LogP contribution in [0.2, 0.25) is 0 Å². The molecule has 2 aliphatic rings. The van der Waals surface area contributed by atoms with Crippen LogP contribution in [0.5, 0.6) is 0 Å². The highest BCUT2D eigenvalue weighted by Crippen LogP contribution is 2.18. The number of amides is 2. The van der Waals surface area contributed by atoms with Gasteiger partial charge in [-0.05, 0) is 51.6 Å². The second kappa shape index (κ2) is 12.1. The van der Waals surface area contributed by atoms with Gasteiger partial charge in [-0.15, -0.1) is 0 Å². The first kappa shape index (κ1) is 20.9. The SMILES string of the molecule is CCOC(=O)CNCCNC(=O)N1CCC(OCC2CCNCC2)CC1.